The SMILES string of the molecule is Cc1nc(N)nc(N[C@@H](C)c2nc3ccn(C)c3cc2N2CCC[C@@H](N3C(=O)c4ccccc4C3=O)C2)c1C#N. The van der Waals surface area contributed by atoms with Crippen LogP contribution in [0, 0.1) is 18.3 Å². The van der Waals surface area contributed by atoms with Crippen molar-refractivity contribution in [3.8, 4) is 6.07 Å². The highest BCUT2D eigenvalue weighted by atomic mass is 16.2. The molecule has 3 aromatic heterocycles. The van der Waals surface area contributed by atoms with Crippen molar-refractivity contribution in [2.75, 3.05) is 29.0 Å². The van der Waals surface area contributed by atoms with Crippen LogP contribution in [0.15, 0.2) is 42.6 Å². The minimum absolute atomic E-state index is 0.0812. The van der Waals surface area contributed by atoms with Gasteiger partial charge in [0, 0.05) is 26.3 Å². The maximum Gasteiger partial charge on any atom is 0.261 e. The Labute approximate surface area is 231 Å². The molecule has 202 valence electrons. The number of pyridine rings is 1. The molecule has 2 amide bonds. The Bertz CT molecular complexity index is 1690. The molecule has 1 aromatic carbocycles. The number of hydrogen-bond acceptors (Lipinski definition) is 9. The van der Waals surface area contributed by atoms with Crippen molar-refractivity contribution in [3.63, 3.8) is 0 Å². The number of piperidine rings is 1. The van der Waals surface area contributed by atoms with Crippen LogP contribution in [0.2, 0.25) is 0 Å². The van der Waals surface area contributed by atoms with E-state index in [0.717, 1.165) is 41.8 Å². The lowest BCUT2D eigenvalue weighted by molar-refractivity contribution is 0.0570. The van der Waals surface area contributed by atoms with Crippen molar-refractivity contribution >= 4 is 40.3 Å². The average Bonchev–Trinajstić information content (AvgIpc) is 3.43. The summed E-state index contributed by atoms with van der Waals surface area (Å²) in [7, 11) is 1.97. The van der Waals surface area contributed by atoms with E-state index < -0.39 is 0 Å². The molecule has 0 bridgehead atoms. The average molecular weight is 536 g/mol. The van der Waals surface area contributed by atoms with Crippen LogP contribution in [0.4, 0.5) is 17.5 Å². The highest BCUT2D eigenvalue weighted by molar-refractivity contribution is 6.21. The normalized spacial score (nSPS) is 17.7. The number of rotatable bonds is 5. The fourth-order valence-corrected chi connectivity index (χ4v) is 5.79. The third kappa shape index (κ3) is 4.09. The molecule has 5 heterocycles. The first-order valence-corrected chi connectivity index (χ1v) is 13.3. The van der Waals surface area contributed by atoms with Gasteiger partial charge < -0.3 is 20.5 Å². The number of fused-ring (bicyclic) bond motifs is 2. The highest BCUT2D eigenvalue weighted by Crippen LogP contribution is 2.35. The van der Waals surface area contributed by atoms with Crippen LogP contribution in [-0.4, -0.2) is 55.4 Å². The number of amides is 2. The first-order valence-electron chi connectivity index (χ1n) is 13.3. The lowest BCUT2D eigenvalue weighted by Crippen LogP contribution is -2.50. The van der Waals surface area contributed by atoms with Gasteiger partial charge in [0.1, 0.15) is 17.5 Å². The molecule has 3 N–H and O–H groups in total. The van der Waals surface area contributed by atoms with E-state index in [9.17, 15) is 14.9 Å². The Kier molecular flexibility index (Phi) is 6.10. The van der Waals surface area contributed by atoms with E-state index in [2.05, 4.69) is 32.3 Å². The highest BCUT2D eigenvalue weighted by Gasteiger charge is 2.41. The minimum atomic E-state index is -0.347. The smallest absolute Gasteiger partial charge is 0.261 e. The van der Waals surface area contributed by atoms with Crippen molar-refractivity contribution in [1.82, 2.24) is 24.4 Å². The van der Waals surface area contributed by atoms with Crippen molar-refractivity contribution in [1.29, 1.82) is 5.26 Å². The van der Waals surface area contributed by atoms with Crippen LogP contribution in [-0.2, 0) is 7.05 Å². The Morgan fingerprint density at radius 1 is 1.12 bits per heavy atom. The molecule has 1 saturated heterocycles. The first-order chi connectivity index (χ1) is 19.3. The number of carbonyl (C=O) groups is 2. The summed E-state index contributed by atoms with van der Waals surface area (Å²) in [6, 6.07) is 12.6. The van der Waals surface area contributed by atoms with Gasteiger partial charge in [0.15, 0.2) is 0 Å². The summed E-state index contributed by atoms with van der Waals surface area (Å²) in [5.74, 6) is -0.0416. The van der Waals surface area contributed by atoms with Crippen molar-refractivity contribution in [2.24, 2.45) is 7.05 Å². The summed E-state index contributed by atoms with van der Waals surface area (Å²) in [5.41, 5.74) is 11.1. The molecule has 2 aliphatic heterocycles. The molecule has 4 aromatic rings. The molecule has 0 aliphatic carbocycles. The van der Waals surface area contributed by atoms with Crippen molar-refractivity contribution in [2.45, 2.75) is 38.8 Å². The molecule has 0 unspecified atom stereocenters. The number of nitrogens with two attached hydrogens (primary N) is 1. The molecule has 11 nitrogen and oxygen atoms in total. The van der Waals surface area contributed by atoms with Gasteiger partial charge in [0.2, 0.25) is 5.95 Å². The van der Waals surface area contributed by atoms with Gasteiger partial charge in [-0.05, 0) is 51.0 Å². The molecule has 6 rings (SSSR count). The Morgan fingerprint density at radius 3 is 2.55 bits per heavy atom. The van der Waals surface area contributed by atoms with Crippen LogP contribution in [0.3, 0.4) is 0 Å². The Hall–Kier alpha value is -4.98. The second-order valence-corrected chi connectivity index (χ2v) is 10.4. The number of nitriles is 1. The van der Waals surface area contributed by atoms with Gasteiger partial charge >= 0.3 is 0 Å². The standard InChI is InChI=1S/C29H29N9O2/c1-16-21(14-30)26(35-29(31)33-16)32-17(2)25-24(13-23-22(34-25)10-12-36(23)3)37-11-6-7-18(15-37)38-27(39)19-8-4-5-9-20(19)28(38)40/h4-5,8-10,12-13,17-18H,6-7,11,15H2,1-3H3,(H3,31,32,33,35)/t17-,18+/m0/s1. The first kappa shape index (κ1) is 25.3. The number of nitrogen functional groups attached to an aromatic ring is 1. The summed E-state index contributed by atoms with van der Waals surface area (Å²) in [6.07, 6.45) is 3.50. The fraction of sp³-hybridized carbons (Fsp3) is 0.310. The predicted octanol–water partition coefficient (Wildman–Crippen LogP) is 3.56. The van der Waals surface area contributed by atoms with E-state index in [1.165, 1.54) is 4.90 Å². The monoisotopic (exact) mass is 535 g/mol. The van der Waals surface area contributed by atoms with Crippen LogP contribution in [0.1, 0.15) is 63.5 Å². The molecule has 1 fully saturated rings. The van der Waals surface area contributed by atoms with Gasteiger partial charge in [-0.1, -0.05) is 12.1 Å². The van der Waals surface area contributed by atoms with Gasteiger partial charge in [0.05, 0.1) is 51.3 Å². The molecule has 0 saturated carbocycles. The number of nitrogens with zero attached hydrogens (tertiary/aromatic N) is 7. The number of aryl methyl sites for hydroxylation is 2. The van der Waals surface area contributed by atoms with Gasteiger partial charge in [-0.25, -0.2) is 9.97 Å². The molecular weight excluding hydrogens is 506 g/mol. The van der Waals surface area contributed by atoms with Crippen LogP contribution in [0.5, 0.6) is 0 Å². The van der Waals surface area contributed by atoms with E-state index in [1.807, 2.05) is 30.8 Å². The Balaban J connectivity index is 1.36. The molecule has 2 atom stereocenters. The second kappa shape index (κ2) is 9.64. The van der Waals surface area contributed by atoms with E-state index in [1.54, 1.807) is 31.2 Å². The van der Waals surface area contributed by atoms with Gasteiger partial charge in [-0.3, -0.25) is 14.5 Å². The molecule has 40 heavy (non-hydrogen) atoms. The molecular formula is C29H29N9O2. The summed E-state index contributed by atoms with van der Waals surface area (Å²) in [6.45, 7) is 4.92. The van der Waals surface area contributed by atoms with Crippen LogP contribution in [0.25, 0.3) is 11.0 Å². The van der Waals surface area contributed by atoms with Crippen molar-refractivity contribution < 1.29 is 9.59 Å². The van der Waals surface area contributed by atoms with E-state index >= 15 is 0 Å². The number of hydrogen-bond donors (Lipinski definition) is 2. The molecule has 0 radical (unpaired) electrons. The summed E-state index contributed by atoms with van der Waals surface area (Å²) in [4.78, 5) is 43.5. The Morgan fingerprint density at radius 2 is 1.85 bits per heavy atom. The second-order valence-electron chi connectivity index (χ2n) is 10.4. The lowest BCUT2D eigenvalue weighted by atomic mass is 10.0. The minimum Gasteiger partial charge on any atom is -0.368 e. The van der Waals surface area contributed by atoms with Crippen LogP contribution >= 0.6 is 0 Å². The van der Waals surface area contributed by atoms with E-state index in [0.29, 0.717) is 34.7 Å². The lowest BCUT2D eigenvalue weighted by Gasteiger charge is -2.39. The summed E-state index contributed by atoms with van der Waals surface area (Å²) < 4.78 is 2.02. The maximum absolute atomic E-state index is 13.2. The number of anilines is 3. The number of aromatic nitrogens is 4. The quantitative estimate of drug-likeness (QED) is 0.366. The van der Waals surface area contributed by atoms with Crippen molar-refractivity contribution in [3.05, 3.63) is 70.7 Å². The number of benzene rings is 1. The van der Waals surface area contributed by atoms with E-state index in [4.69, 9.17) is 10.7 Å². The predicted molar refractivity (Wildman–Crippen MR) is 151 cm³/mol. The van der Waals surface area contributed by atoms with Gasteiger partial charge in [0.25, 0.3) is 11.8 Å². The number of carbonyl (C=O) groups excluding carboxylic acids is 2. The van der Waals surface area contributed by atoms with Gasteiger partial charge in [-0.15, -0.1) is 0 Å². The zero-order chi connectivity index (χ0) is 28.1. The number of nitrogens with one attached hydrogen (secondary N) is 1. The van der Waals surface area contributed by atoms with Crippen LogP contribution < -0.4 is 16.0 Å². The molecule has 2 aliphatic rings. The third-order valence-electron chi connectivity index (χ3n) is 7.79. The zero-order valence-corrected chi connectivity index (χ0v) is 22.5. The largest absolute Gasteiger partial charge is 0.368 e. The fourth-order valence-electron chi connectivity index (χ4n) is 5.79. The summed E-state index contributed by atoms with van der Waals surface area (Å²) in [5, 5.41) is 13.1. The zero-order valence-electron chi connectivity index (χ0n) is 22.5. The van der Waals surface area contributed by atoms with Gasteiger partial charge in [-0.2, -0.15) is 10.2 Å². The van der Waals surface area contributed by atoms with E-state index in [-0.39, 0.29) is 29.8 Å². The third-order valence-corrected chi connectivity index (χ3v) is 7.79. The maximum atomic E-state index is 13.2. The molecule has 0 spiro atoms. The number of imide groups is 1. The summed E-state index contributed by atoms with van der Waals surface area (Å²) >= 11 is 0. The molecule has 11 heteroatoms. The topological polar surface area (TPSA) is 146 Å².